The minimum absolute atomic E-state index is 0.00556. The average Bonchev–Trinajstić information content (AvgIpc) is 3.26. The van der Waals surface area contributed by atoms with E-state index in [1.54, 1.807) is 6.26 Å². The number of rotatable bonds is 5. The van der Waals surface area contributed by atoms with Gasteiger partial charge in [-0.1, -0.05) is 0 Å². The molecule has 1 aromatic rings. The number of Topliss-reactive ketones (excluding diaryl/α,β-unsaturated/α-hetero) is 1. The van der Waals surface area contributed by atoms with Gasteiger partial charge in [-0.05, 0) is 31.9 Å². The van der Waals surface area contributed by atoms with Gasteiger partial charge in [0, 0.05) is 5.92 Å². The Morgan fingerprint density at radius 2 is 2.05 bits per heavy atom. The summed E-state index contributed by atoms with van der Waals surface area (Å²) in [6.45, 7) is 0. The number of anilines is 2. The SMILES string of the molecule is CSc1c(NC2(C(F)(F)F)CC2)sc(C(=O)C2CC2)c1N. The molecule has 0 amide bonds. The van der Waals surface area contributed by atoms with E-state index in [1.807, 2.05) is 0 Å². The first kappa shape index (κ1) is 15.0. The van der Waals surface area contributed by atoms with Crippen molar-refractivity contribution >= 4 is 39.6 Å². The van der Waals surface area contributed by atoms with E-state index in [0.29, 0.717) is 20.5 Å². The zero-order valence-electron chi connectivity index (χ0n) is 11.3. The summed E-state index contributed by atoms with van der Waals surface area (Å²) in [7, 11) is 0. The lowest BCUT2D eigenvalue weighted by Gasteiger charge is -2.21. The maximum absolute atomic E-state index is 13.1. The van der Waals surface area contributed by atoms with E-state index < -0.39 is 11.7 Å². The second kappa shape index (κ2) is 4.81. The first-order chi connectivity index (χ1) is 9.79. The van der Waals surface area contributed by atoms with Crippen LogP contribution >= 0.6 is 23.1 Å². The molecular weight excluding hydrogens is 321 g/mol. The van der Waals surface area contributed by atoms with Crippen LogP contribution in [-0.4, -0.2) is 23.8 Å². The maximum atomic E-state index is 13.1. The largest absolute Gasteiger partial charge is 0.411 e. The van der Waals surface area contributed by atoms with Crippen LogP contribution < -0.4 is 11.1 Å². The van der Waals surface area contributed by atoms with Gasteiger partial charge in [-0.25, -0.2) is 0 Å². The highest BCUT2D eigenvalue weighted by Gasteiger charge is 2.64. The summed E-state index contributed by atoms with van der Waals surface area (Å²) in [5, 5.41) is 2.98. The molecule has 2 fully saturated rings. The molecule has 0 radical (unpaired) electrons. The highest BCUT2D eigenvalue weighted by atomic mass is 32.2. The third kappa shape index (κ3) is 2.52. The number of thiophene rings is 1. The van der Waals surface area contributed by atoms with E-state index in [-0.39, 0.29) is 24.5 Å². The lowest BCUT2D eigenvalue weighted by atomic mass is 10.2. The van der Waals surface area contributed by atoms with E-state index in [4.69, 9.17) is 5.73 Å². The molecule has 0 aromatic carbocycles. The number of thioether (sulfide) groups is 1. The Morgan fingerprint density at radius 1 is 1.43 bits per heavy atom. The van der Waals surface area contributed by atoms with Crippen molar-refractivity contribution in [3.8, 4) is 0 Å². The molecule has 1 aromatic heterocycles. The predicted octanol–water partition coefficient (Wildman–Crippen LogP) is 4.15. The van der Waals surface area contributed by atoms with Gasteiger partial charge in [0.15, 0.2) is 5.78 Å². The average molecular weight is 336 g/mol. The number of carbonyl (C=O) groups excluding carboxylic acids is 1. The molecule has 2 saturated carbocycles. The van der Waals surface area contributed by atoms with Crippen molar-refractivity contribution in [2.75, 3.05) is 17.3 Å². The van der Waals surface area contributed by atoms with Gasteiger partial charge in [-0.2, -0.15) is 13.2 Å². The number of nitrogens with one attached hydrogen (secondary N) is 1. The van der Waals surface area contributed by atoms with Gasteiger partial charge < -0.3 is 11.1 Å². The van der Waals surface area contributed by atoms with E-state index in [2.05, 4.69) is 5.32 Å². The van der Waals surface area contributed by atoms with Gasteiger partial charge in [-0.3, -0.25) is 4.79 Å². The molecule has 0 saturated heterocycles. The summed E-state index contributed by atoms with van der Waals surface area (Å²) in [6, 6.07) is 0. The Kier molecular flexibility index (Phi) is 3.44. The second-order valence-corrected chi connectivity index (χ2v) is 7.39. The fraction of sp³-hybridized carbons (Fsp3) is 0.615. The Balaban J connectivity index is 1.92. The molecule has 1 heterocycles. The van der Waals surface area contributed by atoms with Crippen LogP contribution in [0.15, 0.2) is 4.90 Å². The number of nitrogens with two attached hydrogens (primary N) is 1. The fourth-order valence-electron chi connectivity index (χ4n) is 2.25. The summed E-state index contributed by atoms with van der Waals surface area (Å²) in [4.78, 5) is 13.1. The third-order valence-electron chi connectivity index (χ3n) is 3.92. The lowest BCUT2D eigenvalue weighted by Crippen LogP contribution is -2.38. The monoisotopic (exact) mass is 336 g/mol. The first-order valence-electron chi connectivity index (χ1n) is 6.64. The van der Waals surface area contributed by atoms with Crippen LogP contribution in [0.25, 0.3) is 0 Å². The highest BCUT2D eigenvalue weighted by Crippen LogP contribution is 2.54. The smallest absolute Gasteiger partial charge is 0.396 e. The molecule has 0 unspecified atom stereocenters. The van der Waals surface area contributed by atoms with Crippen LogP contribution in [-0.2, 0) is 0 Å². The number of nitrogen functional groups attached to an aromatic ring is 1. The zero-order chi connectivity index (χ0) is 15.4. The van der Waals surface area contributed by atoms with E-state index >= 15 is 0 Å². The minimum Gasteiger partial charge on any atom is -0.396 e. The quantitative estimate of drug-likeness (QED) is 0.626. The summed E-state index contributed by atoms with van der Waals surface area (Å²) in [5.41, 5.74) is 4.46. The van der Waals surface area contributed by atoms with Crippen LogP contribution in [0.3, 0.4) is 0 Å². The molecule has 0 spiro atoms. The standard InChI is InChI=1S/C13H15F3N2OS2/c1-20-10-7(17)9(8(19)6-2-3-6)21-11(10)18-12(4-5-12)13(14,15)16/h6,18H,2-5,17H2,1H3. The maximum Gasteiger partial charge on any atom is 0.411 e. The van der Waals surface area contributed by atoms with Crippen molar-refractivity contribution < 1.29 is 18.0 Å². The summed E-state index contributed by atoms with van der Waals surface area (Å²) < 4.78 is 39.2. The van der Waals surface area contributed by atoms with Crippen LogP contribution in [0.2, 0.25) is 0 Å². The summed E-state index contributed by atoms with van der Waals surface area (Å²) in [6.07, 6.45) is -0.716. The molecule has 0 aliphatic heterocycles. The van der Waals surface area contributed by atoms with Crippen molar-refractivity contribution in [3.05, 3.63) is 4.88 Å². The van der Waals surface area contributed by atoms with Gasteiger partial charge in [0.2, 0.25) is 0 Å². The topological polar surface area (TPSA) is 55.1 Å². The third-order valence-corrected chi connectivity index (χ3v) is 6.02. The second-order valence-electron chi connectivity index (χ2n) is 5.55. The van der Waals surface area contributed by atoms with E-state index in [1.165, 1.54) is 11.8 Å². The molecule has 21 heavy (non-hydrogen) atoms. The molecule has 3 N–H and O–H groups in total. The molecule has 8 heteroatoms. The van der Waals surface area contributed by atoms with Crippen molar-refractivity contribution in [3.63, 3.8) is 0 Å². The molecule has 0 bridgehead atoms. The molecule has 2 aliphatic rings. The Hall–Kier alpha value is -0.890. The summed E-state index contributed by atoms with van der Waals surface area (Å²) >= 11 is 2.34. The number of ketones is 1. The van der Waals surface area contributed by atoms with Crippen LogP contribution in [0.1, 0.15) is 35.4 Å². The molecule has 3 nitrogen and oxygen atoms in total. The summed E-state index contributed by atoms with van der Waals surface area (Å²) in [5.74, 6) is -0.0243. The van der Waals surface area contributed by atoms with Crippen LogP contribution in [0, 0.1) is 5.92 Å². The van der Waals surface area contributed by atoms with E-state index in [0.717, 1.165) is 24.2 Å². The van der Waals surface area contributed by atoms with Crippen molar-refractivity contribution in [1.29, 1.82) is 0 Å². The Morgan fingerprint density at radius 3 is 2.48 bits per heavy atom. The minimum atomic E-state index is -4.29. The van der Waals surface area contributed by atoms with E-state index in [9.17, 15) is 18.0 Å². The van der Waals surface area contributed by atoms with Gasteiger partial charge in [0.1, 0.15) is 10.5 Å². The van der Waals surface area contributed by atoms with Gasteiger partial charge >= 0.3 is 6.18 Å². The predicted molar refractivity (Wildman–Crippen MR) is 79.2 cm³/mol. The molecule has 0 atom stereocenters. The molecule has 3 rings (SSSR count). The highest BCUT2D eigenvalue weighted by molar-refractivity contribution is 7.99. The Labute approximate surface area is 128 Å². The number of carbonyl (C=O) groups is 1. The first-order valence-corrected chi connectivity index (χ1v) is 8.68. The van der Waals surface area contributed by atoms with Crippen molar-refractivity contribution in [2.45, 2.75) is 42.3 Å². The lowest BCUT2D eigenvalue weighted by molar-refractivity contribution is -0.151. The van der Waals surface area contributed by atoms with Crippen LogP contribution in [0.4, 0.5) is 23.9 Å². The fourth-order valence-corrected chi connectivity index (χ4v) is 4.38. The number of hydrogen-bond acceptors (Lipinski definition) is 5. The molecule has 116 valence electrons. The molecule has 2 aliphatic carbocycles. The van der Waals surface area contributed by atoms with Crippen molar-refractivity contribution in [1.82, 2.24) is 0 Å². The normalized spacial score (nSPS) is 20.4. The zero-order valence-corrected chi connectivity index (χ0v) is 13.0. The van der Waals surface area contributed by atoms with Gasteiger partial charge in [0.05, 0.1) is 15.5 Å². The van der Waals surface area contributed by atoms with Gasteiger partial charge in [-0.15, -0.1) is 23.1 Å². The number of hydrogen-bond donors (Lipinski definition) is 2. The molecular formula is C13H15F3N2OS2. The van der Waals surface area contributed by atoms with Gasteiger partial charge in [0.25, 0.3) is 0 Å². The van der Waals surface area contributed by atoms with Crippen molar-refractivity contribution in [2.24, 2.45) is 5.92 Å². The Bertz CT molecular complexity index is 589. The number of halogens is 3. The number of alkyl halides is 3. The van der Waals surface area contributed by atoms with Crippen LogP contribution in [0.5, 0.6) is 0 Å².